The van der Waals surface area contributed by atoms with Crippen molar-refractivity contribution in [3.05, 3.63) is 50.8 Å². The zero-order valence-electron chi connectivity index (χ0n) is 10.8. The molecule has 0 bridgehead atoms. The van der Waals surface area contributed by atoms with Crippen molar-refractivity contribution >= 4 is 5.65 Å². The highest BCUT2D eigenvalue weighted by atomic mass is 19.1. The van der Waals surface area contributed by atoms with E-state index in [4.69, 9.17) is 0 Å². The van der Waals surface area contributed by atoms with Gasteiger partial charge in [0.15, 0.2) is 5.65 Å². The van der Waals surface area contributed by atoms with Crippen molar-refractivity contribution in [1.29, 1.82) is 0 Å². The molecule has 8 heteroatoms. The average molecular weight is 287 g/mol. The predicted octanol–water partition coefficient (Wildman–Crippen LogP) is 0.789. The van der Waals surface area contributed by atoms with Crippen LogP contribution in [0.5, 0.6) is 0 Å². The number of rotatable bonds is 2. The number of nitrogens with one attached hydrogen (secondary N) is 2. The molecule has 0 radical (unpaired) electrons. The first-order chi connectivity index (χ1) is 10.1. The molecule has 1 fully saturated rings. The number of imidazole rings is 1. The Kier molecular flexibility index (Phi) is 2.35. The van der Waals surface area contributed by atoms with Gasteiger partial charge >= 0.3 is 5.69 Å². The Labute approximate surface area is 116 Å². The zero-order chi connectivity index (χ0) is 14.6. The van der Waals surface area contributed by atoms with Crippen molar-refractivity contribution in [2.75, 3.05) is 0 Å². The Morgan fingerprint density at radius 3 is 2.86 bits per heavy atom. The molecule has 1 saturated carbocycles. The lowest BCUT2D eigenvalue weighted by Gasteiger charge is -2.06. The van der Waals surface area contributed by atoms with Gasteiger partial charge in [-0.3, -0.25) is 9.78 Å². The molecule has 21 heavy (non-hydrogen) atoms. The van der Waals surface area contributed by atoms with Crippen LogP contribution in [0.4, 0.5) is 4.39 Å². The Morgan fingerprint density at radius 1 is 1.33 bits per heavy atom. The van der Waals surface area contributed by atoms with Gasteiger partial charge in [0.05, 0.1) is 17.5 Å². The van der Waals surface area contributed by atoms with Gasteiger partial charge in [0, 0.05) is 11.8 Å². The minimum atomic E-state index is -0.596. The third-order valence-electron chi connectivity index (χ3n) is 3.57. The van der Waals surface area contributed by atoms with Crippen LogP contribution in [-0.2, 0) is 0 Å². The zero-order valence-corrected chi connectivity index (χ0v) is 10.8. The molecular weight excluding hydrogens is 277 g/mol. The van der Waals surface area contributed by atoms with Crippen LogP contribution in [0.25, 0.3) is 16.9 Å². The van der Waals surface area contributed by atoms with Gasteiger partial charge in [-0.1, -0.05) is 0 Å². The summed E-state index contributed by atoms with van der Waals surface area (Å²) in [5, 5.41) is 4.10. The lowest BCUT2D eigenvalue weighted by molar-refractivity contribution is 0.549. The topological polar surface area (TPSA) is 95.9 Å². The molecule has 1 aliphatic carbocycles. The molecule has 3 aromatic rings. The minimum Gasteiger partial charge on any atom is -0.313 e. The molecule has 0 aromatic carbocycles. The van der Waals surface area contributed by atoms with Crippen LogP contribution in [0.3, 0.4) is 0 Å². The molecule has 1 aliphatic rings. The third-order valence-corrected chi connectivity index (χ3v) is 3.57. The van der Waals surface area contributed by atoms with E-state index < -0.39 is 17.2 Å². The highest BCUT2D eigenvalue weighted by Crippen LogP contribution is 2.42. The Bertz CT molecular complexity index is 967. The number of hydrogen-bond donors (Lipinski definition) is 2. The molecule has 7 nitrogen and oxygen atoms in total. The normalized spacial score (nSPS) is 14.7. The van der Waals surface area contributed by atoms with Gasteiger partial charge in [0.2, 0.25) is 5.95 Å². The molecule has 106 valence electrons. The van der Waals surface area contributed by atoms with Crippen molar-refractivity contribution in [3.63, 3.8) is 0 Å². The van der Waals surface area contributed by atoms with Gasteiger partial charge in [-0.2, -0.15) is 14.0 Å². The number of fused-ring (bicyclic) bond motifs is 1. The summed E-state index contributed by atoms with van der Waals surface area (Å²) in [6, 6.07) is 1.74. The van der Waals surface area contributed by atoms with Crippen LogP contribution >= 0.6 is 0 Å². The fraction of sp³-hybridized carbons (Fsp3) is 0.231. The van der Waals surface area contributed by atoms with E-state index in [1.807, 2.05) is 0 Å². The first-order valence-corrected chi connectivity index (χ1v) is 6.50. The minimum absolute atomic E-state index is 0.187. The number of hydrogen-bond acceptors (Lipinski definition) is 4. The number of nitrogens with zero attached hydrogens (tertiary/aromatic N) is 3. The number of halogens is 1. The molecule has 0 atom stereocenters. The van der Waals surface area contributed by atoms with Crippen molar-refractivity contribution in [2.24, 2.45) is 0 Å². The van der Waals surface area contributed by atoms with E-state index in [-0.39, 0.29) is 5.56 Å². The Morgan fingerprint density at radius 2 is 2.14 bits per heavy atom. The summed E-state index contributed by atoms with van der Waals surface area (Å²) >= 11 is 0. The first kappa shape index (κ1) is 12.0. The number of H-pyrrole nitrogens is 2. The van der Waals surface area contributed by atoms with Gasteiger partial charge in [-0.25, -0.2) is 9.78 Å². The molecule has 0 aliphatic heterocycles. The molecule has 3 heterocycles. The maximum absolute atomic E-state index is 13.8. The van der Waals surface area contributed by atoms with Crippen LogP contribution < -0.4 is 11.2 Å². The van der Waals surface area contributed by atoms with Gasteiger partial charge in [0.25, 0.3) is 5.56 Å². The quantitative estimate of drug-likeness (QED) is 0.728. The van der Waals surface area contributed by atoms with E-state index in [0.717, 1.165) is 29.1 Å². The van der Waals surface area contributed by atoms with Crippen molar-refractivity contribution in [1.82, 2.24) is 24.6 Å². The van der Waals surface area contributed by atoms with Crippen molar-refractivity contribution in [2.45, 2.75) is 18.8 Å². The van der Waals surface area contributed by atoms with E-state index in [1.54, 1.807) is 6.07 Å². The van der Waals surface area contributed by atoms with E-state index in [9.17, 15) is 14.0 Å². The second-order valence-electron chi connectivity index (χ2n) is 5.06. The standard InChI is InChI=1S/C13H10FN5O2/c14-10-5-15-11-7(6-1-2-6)3-9(18-19(10)11)8-4-16-13(21)17-12(8)20/h3-6H,1-2H2,(H2,16,17,20,21). The Balaban J connectivity index is 2.02. The molecular formula is C13H10FN5O2. The van der Waals surface area contributed by atoms with Gasteiger partial charge in [-0.15, -0.1) is 0 Å². The third kappa shape index (κ3) is 1.87. The van der Waals surface area contributed by atoms with Gasteiger partial charge in [0.1, 0.15) is 0 Å². The largest absolute Gasteiger partial charge is 0.325 e. The maximum atomic E-state index is 13.8. The molecule has 0 saturated heterocycles. The second-order valence-corrected chi connectivity index (χ2v) is 5.06. The molecule has 4 rings (SSSR count). The highest BCUT2D eigenvalue weighted by Gasteiger charge is 2.28. The van der Waals surface area contributed by atoms with E-state index in [2.05, 4.69) is 20.1 Å². The van der Waals surface area contributed by atoms with Gasteiger partial charge < -0.3 is 4.98 Å². The number of aromatic amines is 2. The lowest BCUT2D eigenvalue weighted by Crippen LogP contribution is -2.23. The molecule has 2 N–H and O–H groups in total. The smallest absolute Gasteiger partial charge is 0.313 e. The highest BCUT2D eigenvalue weighted by molar-refractivity contribution is 5.62. The number of aromatic nitrogens is 5. The van der Waals surface area contributed by atoms with E-state index in [0.29, 0.717) is 17.3 Å². The Hall–Kier alpha value is -2.77. The van der Waals surface area contributed by atoms with Crippen molar-refractivity contribution < 1.29 is 4.39 Å². The molecule has 0 amide bonds. The van der Waals surface area contributed by atoms with Crippen LogP contribution in [0.15, 0.2) is 28.0 Å². The molecule has 3 aromatic heterocycles. The summed E-state index contributed by atoms with van der Waals surface area (Å²) in [6.45, 7) is 0. The fourth-order valence-electron chi connectivity index (χ4n) is 2.39. The van der Waals surface area contributed by atoms with E-state index in [1.165, 1.54) is 6.20 Å². The summed E-state index contributed by atoms with van der Waals surface area (Å²) in [5.74, 6) is -0.271. The molecule has 0 unspecified atom stereocenters. The summed E-state index contributed by atoms with van der Waals surface area (Å²) < 4.78 is 14.9. The first-order valence-electron chi connectivity index (χ1n) is 6.50. The average Bonchev–Trinajstić information content (AvgIpc) is 3.23. The van der Waals surface area contributed by atoms with Crippen molar-refractivity contribution in [3.8, 4) is 11.3 Å². The van der Waals surface area contributed by atoms with Crippen LogP contribution in [0.1, 0.15) is 24.3 Å². The summed E-state index contributed by atoms with van der Waals surface area (Å²) in [5.41, 5.74) is 0.674. The van der Waals surface area contributed by atoms with Crippen LogP contribution in [-0.4, -0.2) is 24.6 Å². The fourth-order valence-corrected chi connectivity index (χ4v) is 2.39. The predicted molar refractivity (Wildman–Crippen MR) is 71.6 cm³/mol. The van der Waals surface area contributed by atoms with Crippen LogP contribution in [0.2, 0.25) is 0 Å². The monoisotopic (exact) mass is 287 g/mol. The van der Waals surface area contributed by atoms with E-state index >= 15 is 0 Å². The summed E-state index contributed by atoms with van der Waals surface area (Å²) in [6.07, 6.45) is 4.40. The summed E-state index contributed by atoms with van der Waals surface area (Å²) in [7, 11) is 0. The SMILES string of the molecule is O=c1[nH]cc(-c2cc(C3CC3)c3ncc(F)n3n2)c(=O)[nH]1. The lowest BCUT2D eigenvalue weighted by atomic mass is 10.1. The maximum Gasteiger partial charge on any atom is 0.325 e. The second kappa shape index (κ2) is 4.11. The van der Waals surface area contributed by atoms with Gasteiger partial charge in [-0.05, 0) is 24.8 Å². The van der Waals surface area contributed by atoms with Crippen LogP contribution in [0, 0.1) is 5.95 Å². The molecule has 0 spiro atoms. The summed E-state index contributed by atoms with van der Waals surface area (Å²) in [4.78, 5) is 31.5.